The monoisotopic (exact) mass is 492 g/mol. The number of ether oxygens (including phenoxy) is 1. The minimum atomic E-state index is -0.808. The van der Waals surface area contributed by atoms with Crippen molar-refractivity contribution in [1.82, 2.24) is 10.6 Å². The van der Waals surface area contributed by atoms with Crippen molar-refractivity contribution in [3.8, 4) is 0 Å². The molecule has 3 rings (SSSR count). The maximum Gasteiger partial charge on any atom is 0.408 e. The molecule has 0 spiro atoms. The Hall–Kier alpha value is -3.48. The van der Waals surface area contributed by atoms with Crippen LogP contribution in [0.15, 0.2) is 54.6 Å². The fourth-order valence-electron chi connectivity index (χ4n) is 4.42. The van der Waals surface area contributed by atoms with Crippen LogP contribution in [-0.2, 0) is 38.6 Å². The van der Waals surface area contributed by atoms with Crippen molar-refractivity contribution in [2.45, 2.75) is 65.0 Å². The van der Waals surface area contributed by atoms with Gasteiger partial charge in [-0.2, -0.15) is 0 Å². The van der Waals surface area contributed by atoms with Crippen molar-refractivity contribution >= 4 is 23.6 Å². The molecule has 0 saturated carbocycles. The Morgan fingerprint density at radius 2 is 1.78 bits per heavy atom. The molecule has 0 fully saturated rings. The van der Waals surface area contributed by atoms with E-state index in [4.69, 9.17) is 4.74 Å². The number of carbonyl (C=O) groups excluding carboxylic acids is 4. The first kappa shape index (κ1) is 27.1. The summed E-state index contributed by atoms with van der Waals surface area (Å²) < 4.78 is 5.31. The third-order valence-corrected chi connectivity index (χ3v) is 6.29. The minimum absolute atomic E-state index is 0.0902. The van der Waals surface area contributed by atoms with E-state index < -0.39 is 29.7 Å². The highest BCUT2D eigenvalue weighted by atomic mass is 16.5. The van der Waals surface area contributed by atoms with Crippen LogP contribution in [0.1, 0.15) is 56.2 Å². The van der Waals surface area contributed by atoms with Gasteiger partial charge in [0.1, 0.15) is 6.61 Å². The molecule has 36 heavy (non-hydrogen) atoms. The molecule has 192 valence electrons. The molecule has 7 nitrogen and oxygen atoms in total. The molecule has 2 atom stereocenters. The van der Waals surface area contributed by atoms with Crippen LogP contribution in [0, 0.1) is 11.8 Å². The molecule has 0 aliphatic carbocycles. The van der Waals surface area contributed by atoms with Gasteiger partial charge in [0.15, 0.2) is 5.78 Å². The van der Waals surface area contributed by atoms with Crippen LogP contribution in [0.5, 0.6) is 0 Å². The second kappa shape index (κ2) is 13.6. The molecule has 0 saturated heterocycles. The number of nitrogens with one attached hydrogen (secondary N) is 2. The molecule has 1 aliphatic rings. The highest BCUT2D eigenvalue weighted by molar-refractivity contribution is 6.37. The first-order valence-corrected chi connectivity index (χ1v) is 12.7. The Labute approximate surface area is 213 Å². The lowest BCUT2D eigenvalue weighted by Crippen LogP contribution is -2.44. The van der Waals surface area contributed by atoms with Gasteiger partial charge in [-0.15, -0.1) is 0 Å². The molecule has 2 unspecified atom stereocenters. The predicted octanol–water partition coefficient (Wildman–Crippen LogP) is 4.17. The summed E-state index contributed by atoms with van der Waals surface area (Å²) in [4.78, 5) is 51.4. The van der Waals surface area contributed by atoms with Crippen molar-refractivity contribution in [2.24, 2.45) is 11.8 Å². The zero-order valence-corrected chi connectivity index (χ0v) is 21.1. The van der Waals surface area contributed by atoms with Crippen LogP contribution >= 0.6 is 0 Å². The number of amides is 2. The summed E-state index contributed by atoms with van der Waals surface area (Å²) in [7, 11) is 0. The summed E-state index contributed by atoms with van der Waals surface area (Å²) in [5.41, 5.74) is 2.94. The molecule has 2 amide bonds. The highest BCUT2D eigenvalue weighted by Crippen LogP contribution is 2.20. The fourth-order valence-corrected chi connectivity index (χ4v) is 4.42. The van der Waals surface area contributed by atoms with Crippen molar-refractivity contribution in [3.63, 3.8) is 0 Å². The fraction of sp³-hybridized carbons (Fsp3) is 0.448. The molecule has 2 bridgehead atoms. The number of alkyl carbamates (subject to hydrolysis) is 1. The van der Waals surface area contributed by atoms with Gasteiger partial charge < -0.3 is 15.4 Å². The molecule has 1 heterocycles. The smallest absolute Gasteiger partial charge is 0.408 e. The SMILES string of the molecule is CC(C)CC(NC(=O)OCc1ccccc1)C(=O)CC1Cc2cccc(c2)CCCCNC(=O)C1=O. The molecule has 7 heteroatoms. The molecule has 2 N–H and O–H groups in total. The maximum atomic E-state index is 13.4. The summed E-state index contributed by atoms with van der Waals surface area (Å²) in [5, 5.41) is 5.38. The third-order valence-electron chi connectivity index (χ3n) is 6.29. The number of rotatable bonds is 8. The van der Waals surface area contributed by atoms with Gasteiger partial charge in [-0.1, -0.05) is 68.4 Å². The van der Waals surface area contributed by atoms with Crippen molar-refractivity contribution in [1.29, 1.82) is 0 Å². The van der Waals surface area contributed by atoms with Crippen LogP contribution in [0.4, 0.5) is 4.79 Å². The van der Waals surface area contributed by atoms with E-state index in [1.54, 1.807) is 0 Å². The van der Waals surface area contributed by atoms with Crippen LogP contribution < -0.4 is 10.6 Å². The Balaban J connectivity index is 1.72. The van der Waals surface area contributed by atoms with Crippen molar-refractivity contribution in [3.05, 3.63) is 71.3 Å². The summed E-state index contributed by atoms with van der Waals surface area (Å²) in [6, 6.07) is 16.4. The molecule has 2 aromatic rings. The summed E-state index contributed by atoms with van der Waals surface area (Å²) in [5.74, 6) is -2.21. The lowest BCUT2D eigenvalue weighted by atomic mass is 9.86. The number of aryl methyl sites for hydroxylation is 1. The lowest BCUT2D eigenvalue weighted by molar-refractivity contribution is -0.141. The Kier molecular flexibility index (Phi) is 10.2. The van der Waals surface area contributed by atoms with E-state index in [1.165, 1.54) is 5.56 Å². The van der Waals surface area contributed by atoms with Crippen LogP contribution in [0.2, 0.25) is 0 Å². The molecular formula is C29H36N2O5. The van der Waals surface area contributed by atoms with Gasteiger partial charge in [0, 0.05) is 18.9 Å². The van der Waals surface area contributed by atoms with Crippen LogP contribution in [-0.4, -0.2) is 36.2 Å². The van der Waals surface area contributed by atoms with E-state index in [-0.39, 0.29) is 24.7 Å². The first-order valence-electron chi connectivity index (χ1n) is 12.7. The number of fused-ring (bicyclic) bond motifs is 2. The number of benzene rings is 2. The molecule has 1 aliphatic heterocycles. The third kappa shape index (κ3) is 8.63. The van der Waals surface area contributed by atoms with E-state index in [9.17, 15) is 19.2 Å². The summed E-state index contributed by atoms with van der Waals surface area (Å²) in [6.45, 7) is 4.43. The number of hydrogen-bond acceptors (Lipinski definition) is 5. The summed E-state index contributed by atoms with van der Waals surface area (Å²) in [6.07, 6.45) is 2.47. The number of ketones is 2. The Morgan fingerprint density at radius 3 is 2.53 bits per heavy atom. The van der Waals surface area contributed by atoms with Gasteiger partial charge in [0.25, 0.3) is 5.91 Å². The average Bonchev–Trinajstić information content (AvgIpc) is 2.86. The second-order valence-electron chi connectivity index (χ2n) is 9.86. The normalized spacial score (nSPS) is 17.4. The van der Waals surface area contributed by atoms with Crippen molar-refractivity contribution < 1.29 is 23.9 Å². The number of Topliss-reactive ketones (excluding diaryl/α,β-unsaturated/α-hetero) is 2. The molecule has 0 radical (unpaired) electrons. The van der Waals surface area contributed by atoms with E-state index in [1.807, 2.05) is 56.3 Å². The van der Waals surface area contributed by atoms with Gasteiger partial charge in [-0.05, 0) is 54.7 Å². The van der Waals surface area contributed by atoms with E-state index in [0.29, 0.717) is 19.4 Å². The van der Waals surface area contributed by atoms with E-state index in [2.05, 4.69) is 22.8 Å². The van der Waals surface area contributed by atoms with Gasteiger partial charge in [-0.25, -0.2) is 4.79 Å². The Bertz CT molecular complexity index is 1050. The zero-order valence-electron chi connectivity index (χ0n) is 21.1. The number of hydrogen-bond donors (Lipinski definition) is 2. The topological polar surface area (TPSA) is 102 Å². The standard InChI is InChI=1S/C29H36N2O5/c1-20(2)15-25(31-29(35)36-19-22-10-4-3-5-11-22)26(32)18-24-17-23-13-8-12-21(16-23)9-6-7-14-30-28(34)27(24)33/h3-5,8,10-13,16,20,24-25H,6-7,9,14-15,17-19H2,1-2H3,(H,30,34)(H,31,35). The molecule has 2 aromatic carbocycles. The van der Waals surface area contributed by atoms with Gasteiger partial charge in [0.05, 0.1) is 6.04 Å². The van der Waals surface area contributed by atoms with Crippen LogP contribution in [0.3, 0.4) is 0 Å². The lowest BCUT2D eigenvalue weighted by Gasteiger charge is -2.22. The second-order valence-corrected chi connectivity index (χ2v) is 9.86. The average molecular weight is 493 g/mol. The predicted molar refractivity (Wildman–Crippen MR) is 137 cm³/mol. The van der Waals surface area contributed by atoms with Gasteiger partial charge in [0.2, 0.25) is 5.78 Å². The minimum Gasteiger partial charge on any atom is -0.445 e. The highest BCUT2D eigenvalue weighted by Gasteiger charge is 2.31. The van der Waals surface area contributed by atoms with E-state index >= 15 is 0 Å². The molecule has 0 aromatic heterocycles. The zero-order chi connectivity index (χ0) is 25.9. The summed E-state index contributed by atoms with van der Waals surface area (Å²) >= 11 is 0. The largest absolute Gasteiger partial charge is 0.445 e. The van der Waals surface area contributed by atoms with E-state index in [0.717, 1.165) is 30.4 Å². The molecular weight excluding hydrogens is 456 g/mol. The maximum absolute atomic E-state index is 13.4. The number of carbonyl (C=O) groups is 4. The first-order chi connectivity index (χ1) is 17.3. The Morgan fingerprint density at radius 1 is 1.03 bits per heavy atom. The van der Waals surface area contributed by atoms with Crippen molar-refractivity contribution in [2.75, 3.05) is 6.54 Å². The van der Waals surface area contributed by atoms with Gasteiger partial charge >= 0.3 is 6.09 Å². The quantitative estimate of drug-likeness (QED) is 0.539. The van der Waals surface area contributed by atoms with Crippen LogP contribution in [0.25, 0.3) is 0 Å². The van der Waals surface area contributed by atoms with Gasteiger partial charge in [-0.3, -0.25) is 14.4 Å².